The molecule has 36 heavy (non-hydrogen) atoms. The minimum Gasteiger partial charge on any atom is -0.369 e. The Morgan fingerprint density at radius 1 is 1.19 bits per heavy atom. The second-order valence-corrected chi connectivity index (χ2v) is 9.05. The zero-order chi connectivity index (χ0) is 25.4. The highest BCUT2D eigenvalue weighted by Gasteiger charge is 2.25. The number of H-pyrrole nitrogens is 1. The number of nitrogens with zero attached hydrogens (tertiary/aromatic N) is 3. The van der Waals surface area contributed by atoms with Crippen LogP contribution in [-0.4, -0.2) is 45.7 Å². The van der Waals surface area contributed by atoms with Crippen LogP contribution in [0.25, 0.3) is 22.2 Å². The number of aromatic amines is 1. The van der Waals surface area contributed by atoms with Crippen LogP contribution in [0.4, 0.5) is 14.5 Å². The molecule has 10 heteroatoms. The highest BCUT2D eigenvalue weighted by atomic mass is 19.3. The Hall–Kier alpha value is -4.21. The van der Waals surface area contributed by atoms with E-state index >= 15 is 0 Å². The molecule has 1 aliphatic rings. The lowest BCUT2D eigenvalue weighted by atomic mass is 10.0. The molecule has 5 rings (SSSR count). The van der Waals surface area contributed by atoms with Gasteiger partial charge in [-0.25, -0.2) is 8.78 Å². The number of nitrogens with two attached hydrogens (primary N) is 1. The number of anilines is 1. The van der Waals surface area contributed by atoms with Crippen LogP contribution in [0.15, 0.2) is 54.9 Å². The van der Waals surface area contributed by atoms with Crippen LogP contribution in [0.3, 0.4) is 0 Å². The average Bonchev–Trinajstić information content (AvgIpc) is 3.50. The summed E-state index contributed by atoms with van der Waals surface area (Å²) in [5, 5.41) is 8.12. The minimum absolute atomic E-state index is 0.115. The number of alkyl halides is 2. The summed E-state index contributed by atoms with van der Waals surface area (Å²) >= 11 is 0. The van der Waals surface area contributed by atoms with Crippen LogP contribution in [0.1, 0.15) is 45.5 Å². The monoisotopic (exact) mass is 492 g/mol. The van der Waals surface area contributed by atoms with E-state index in [1.54, 1.807) is 16.9 Å². The van der Waals surface area contributed by atoms with Crippen LogP contribution >= 0.6 is 0 Å². The van der Waals surface area contributed by atoms with E-state index in [0.717, 1.165) is 41.7 Å². The molecule has 3 heterocycles. The Kier molecular flexibility index (Phi) is 6.17. The van der Waals surface area contributed by atoms with Crippen LogP contribution in [0.2, 0.25) is 0 Å². The second-order valence-electron chi connectivity index (χ2n) is 9.05. The molecule has 1 unspecified atom stereocenters. The summed E-state index contributed by atoms with van der Waals surface area (Å²) in [6.07, 6.45) is 2.71. The van der Waals surface area contributed by atoms with Crippen LogP contribution in [-0.2, 0) is 7.05 Å². The predicted octanol–water partition coefficient (Wildman–Crippen LogP) is 4.00. The molecule has 0 aliphatic carbocycles. The molecule has 4 N–H and O–H groups in total. The Morgan fingerprint density at radius 3 is 2.64 bits per heavy atom. The van der Waals surface area contributed by atoms with E-state index < -0.39 is 12.3 Å². The van der Waals surface area contributed by atoms with Gasteiger partial charge in [-0.1, -0.05) is 12.1 Å². The first-order valence-electron chi connectivity index (χ1n) is 11.7. The Balaban J connectivity index is 1.40. The summed E-state index contributed by atoms with van der Waals surface area (Å²) < 4.78 is 27.3. The summed E-state index contributed by atoms with van der Waals surface area (Å²) in [5.74, 6) is -0.815. The molecule has 1 saturated heterocycles. The summed E-state index contributed by atoms with van der Waals surface area (Å²) in [6, 6.07) is 10.9. The van der Waals surface area contributed by atoms with Gasteiger partial charge >= 0.3 is 0 Å². The SMILES string of the molecule is Cn1cc(-c2cc3c(N4CCCC(NC(=O)c5ccc(C(F)F)cc5)C4)ccc(C(N)=O)c3[nH]2)cn1. The third-order valence-corrected chi connectivity index (χ3v) is 6.57. The zero-order valence-corrected chi connectivity index (χ0v) is 19.7. The third kappa shape index (κ3) is 4.53. The highest BCUT2D eigenvalue weighted by molar-refractivity contribution is 6.10. The molecule has 186 valence electrons. The first kappa shape index (κ1) is 23.5. The molecule has 2 aromatic carbocycles. The van der Waals surface area contributed by atoms with Crippen molar-refractivity contribution in [2.24, 2.45) is 12.8 Å². The number of carbonyl (C=O) groups is 2. The predicted molar refractivity (Wildman–Crippen MR) is 133 cm³/mol. The number of carbonyl (C=O) groups excluding carboxylic acids is 2. The third-order valence-electron chi connectivity index (χ3n) is 6.57. The van der Waals surface area contributed by atoms with Crippen LogP contribution in [0.5, 0.6) is 0 Å². The normalized spacial score (nSPS) is 16.0. The topological polar surface area (TPSA) is 109 Å². The number of rotatable bonds is 6. The van der Waals surface area contributed by atoms with E-state index in [4.69, 9.17) is 5.73 Å². The fourth-order valence-corrected chi connectivity index (χ4v) is 4.76. The number of amides is 2. The maximum absolute atomic E-state index is 12.8. The number of aromatic nitrogens is 3. The molecular weight excluding hydrogens is 466 g/mol. The van der Waals surface area contributed by atoms with Gasteiger partial charge in [-0.05, 0) is 43.2 Å². The zero-order valence-electron chi connectivity index (χ0n) is 19.7. The lowest BCUT2D eigenvalue weighted by molar-refractivity contribution is 0.0931. The summed E-state index contributed by atoms with van der Waals surface area (Å²) in [7, 11) is 1.84. The highest BCUT2D eigenvalue weighted by Crippen LogP contribution is 2.34. The number of piperidine rings is 1. The average molecular weight is 493 g/mol. The van der Waals surface area contributed by atoms with Crippen LogP contribution in [0, 0.1) is 0 Å². The molecule has 1 atom stereocenters. The van der Waals surface area contributed by atoms with E-state index in [0.29, 0.717) is 23.2 Å². The van der Waals surface area contributed by atoms with Gasteiger partial charge in [-0.15, -0.1) is 0 Å². The molecule has 0 saturated carbocycles. The van der Waals surface area contributed by atoms with Gasteiger partial charge in [-0.3, -0.25) is 14.3 Å². The van der Waals surface area contributed by atoms with Gasteiger partial charge in [0.1, 0.15) is 0 Å². The Morgan fingerprint density at radius 2 is 1.97 bits per heavy atom. The number of benzene rings is 2. The van der Waals surface area contributed by atoms with Crippen molar-refractivity contribution < 1.29 is 18.4 Å². The minimum atomic E-state index is -2.57. The maximum atomic E-state index is 12.8. The van der Waals surface area contributed by atoms with E-state index in [-0.39, 0.29) is 17.5 Å². The molecule has 0 bridgehead atoms. The number of halogens is 2. The summed E-state index contributed by atoms with van der Waals surface area (Å²) in [5.41, 5.74) is 9.57. The molecular formula is C26H26F2N6O2. The fraction of sp³-hybridized carbons (Fsp3) is 0.269. The standard InChI is InChI=1S/C26H26F2N6O2/c1-33-13-17(12-30-33)21-11-20-22(9-8-19(25(29)35)23(20)32-21)34-10-2-3-18(14-34)31-26(36)16-6-4-15(5-7-16)24(27)28/h4-9,11-13,18,24,32H,2-3,10,14H2,1H3,(H2,29,35)(H,31,36). The fourth-order valence-electron chi connectivity index (χ4n) is 4.76. The molecule has 8 nitrogen and oxygen atoms in total. The number of hydrogen-bond donors (Lipinski definition) is 3. The summed E-state index contributed by atoms with van der Waals surface area (Å²) in [6.45, 7) is 1.35. The van der Waals surface area contributed by atoms with E-state index in [2.05, 4.69) is 20.3 Å². The van der Waals surface area contributed by atoms with E-state index in [1.165, 1.54) is 24.3 Å². The lowest BCUT2D eigenvalue weighted by Crippen LogP contribution is -2.47. The van der Waals surface area contributed by atoms with Crippen molar-refractivity contribution in [2.75, 3.05) is 18.0 Å². The lowest BCUT2D eigenvalue weighted by Gasteiger charge is -2.35. The molecule has 1 aliphatic heterocycles. The van der Waals surface area contributed by atoms with Crippen molar-refractivity contribution in [3.63, 3.8) is 0 Å². The van der Waals surface area contributed by atoms with E-state index in [9.17, 15) is 18.4 Å². The number of primary amides is 1. The molecule has 0 spiro atoms. The Labute approximate surface area is 206 Å². The molecule has 1 fully saturated rings. The second kappa shape index (κ2) is 9.44. The smallest absolute Gasteiger partial charge is 0.263 e. The Bertz CT molecular complexity index is 1430. The van der Waals surface area contributed by atoms with Crippen molar-refractivity contribution in [3.8, 4) is 11.3 Å². The number of aryl methyl sites for hydroxylation is 1. The maximum Gasteiger partial charge on any atom is 0.263 e. The van der Waals surface area contributed by atoms with Crippen molar-refractivity contribution in [1.29, 1.82) is 0 Å². The van der Waals surface area contributed by atoms with Gasteiger partial charge in [0, 0.05) is 65.8 Å². The largest absolute Gasteiger partial charge is 0.369 e. The molecule has 4 aromatic rings. The quantitative estimate of drug-likeness (QED) is 0.378. The van der Waals surface area contributed by atoms with E-state index in [1.807, 2.05) is 25.4 Å². The van der Waals surface area contributed by atoms with Gasteiger partial charge in [0.2, 0.25) is 0 Å². The molecule has 2 aromatic heterocycles. The number of fused-ring (bicyclic) bond motifs is 1. The molecule has 2 amide bonds. The van der Waals surface area contributed by atoms with Crippen LogP contribution < -0.4 is 16.0 Å². The van der Waals surface area contributed by atoms with Gasteiger partial charge in [-0.2, -0.15) is 5.10 Å². The first-order chi connectivity index (χ1) is 17.3. The number of nitrogens with one attached hydrogen (secondary N) is 2. The van der Waals surface area contributed by atoms with Gasteiger partial charge in [0.15, 0.2) is 0 Å². The van der Waals surface area contributed by atoms with Gasteiger partial charge < -0.3 is 20.9 Å². The van der Waals surface area contributed by atoms with Crippen molar-refractivity contribution >= 4 is 28.4 Å². The number of hydrogen-bond acceptors (Lipinski definition) is 4. The van der Waals surface area contributed by atoms with Crippen molar-refractivity contribution in [1.82, 2.24) is 20.1 Å². The van der Waals surface area contributed by atoms with Gasteiger partial charge in [0.05, 0.1) is 17.3 Å². The summed E-state index contributed by atoms with van der Waals surface area (Å²) in [4.78, 5) is 30.4. The van der Waals surface area contributed by atoms with Gasteiger partial charge in [0.25, 0.3) is 18.2 Å². The first-order valence-corrected chi connectivity index (χ1v) is 11.7. The van der Waals surface area contributed by atoms with Crippen molar-refractivity contribution in [3.05, 3.63) is 71.5 Å². The molecule has 0 radical (unpaired) electrons. The van der Waals surface area contributed by atoms with Crippen molar-refractivity contribution in [2.45, 2.75) is 25.3 Å².